The van der Waals surface area contributed by atoms with Gasteiger partial charge in [-0.2, -0.15) is 0 Å². The fourth-order valence-corrected chi connectivity index (χ4v) is 5.46. The lowest BCUT2D eigenvalue weighted by Gasteiger charge is -2.36. The van der Waals surface area contributed by atoms with Gasteiger partial charge in [-0.1, -0.05) is 32.9 Å². The second kappa shape index (κ2) is 7.64. The molecule has 2 aromatic rings. The van der Waals surface area contributed by atoms with Crippen LogP contribution in [0.3, 0.4) is 0 Å². The summed E-state index contributed by atoms with van der Waals surface area (Å²) in [4.78, 5) is 16.0. The third-order valence-corrected chi connectivity index (χ3v) is 7.39. The fraction of sp³-hybridized carbons (Fsp3) is 0.500. The van der Waals surface area contributed by atoms with Gasteiger partial charge in [-0.05, 0) is 60.1 Å². The average Bonchev–Trinajstić information content (AvgIpc) is 3.34. The number of hydrogen-bond acceptors (Lipinski definition) is 4. The number of carbonyl (C=O) groups is 1. The van der Waals surface area contributed by atoms with Gasteiger partial charge in [-0.3, -0.25) is 4.79 Å². The lowest BCUT2D eigenvalue weighted by molar-refractivity contribution is 0.0948. The maximum atomic E-state index is 13.5. The average molecular weight is 408 g/mol. The molecule has 1 heterocycles. The van der Waals surface area contributed by atoms with E-state index in [1.807, 2.05) is 12.1 Å². The molecule has 0 bridgehead atoms. The van der Waals surface area contributed by atoms with E-state index in [0.717, 1.165) is 6.42 Å². The van der Waals surface area contributed by atoms with Crippen LogP contribution in [0.25, 0.3) is 0 Å². The lowest BCUT2D eigenvalue weighted by Crippen LogP contribution is -2.35. The zero-order valence-electron chi connectivity index (χ0n) is 19.0. The molecule has 1 aliphatic carbocycles. The highest BCUT2D eigenvalue weighted by Crippen LogP contribution is 2.66. The first kappa shape index (κ1) is 20.8. The quantitative estimate of drug-likeness (QED) is 0.594. The van der Waals surface area contributed by atoms with Crippen LogP contribution in [0.4, 0.5) is 5.69 Å². The van der Waals surface area contributed by atoms with E-state index in [2.05, 4.69) is 50.9 Å². The van der Waals surface area contributed by atoms with Crippen molar-refractivity contribution in [1.82, 2.24) is 0 Å². The molecule has 160 valence electrons. The van der Waals surface area contributed by atoms with Gasteiger partial charge in [0, 0.05) is 30.6 Å². The number of carbonyl (C=O) groups excluding carboxylic acids is 1. The SMILES string of the molecule is CCC1CCc2cc(C3C(C(=O)c4cc(OC)ccc4OC)C3(C)C)ccc2N1C. The molecule has 0 radical (unpaired) electrons. The Morgan fingerprint density at radius 1 is 1.13 bits per heavy atom. The highest BCUT2D eigenvalue weighted by molar-refractivity contribution is 6.04. The molecule has 30 heavy (non-hydrogen) atoms. The fourth-order valence-electron chi connectivity index (χ4n) is 5.46. The van der Waals surface area contributed by atoms with E-state index < -0.39 is 0 Å². The Hall–Kier alpha value is -2.49. The van der Waals surface area contributed by atoms with Crippen LogP contribution in [0.5, 0.6) is 11.5 Å². The minimum absolute atomic E-state index is 0.0544. The van der Waals surface area contributed by atoms with Crippen molar-refractivity contribution in [3.63, 3.8) is 0 Å². The number of ketones is 1. The molecule has 1 saturated carbocycles. The van der Waals surface area contributed by atoms with Crippen molar-refractivity contribution in [2.75, 3.05) is 26.2 Å². The van der Waals surface area contributed by atoms with Gasteiger partial charge in [0.25, 0.3) is 0 Å². The van der Waals surface area contributed by atoms with Gasteiger partial charge in [0.1, 0.15) is 11.5 Å². The standard InChI is InChI=1S/C26H33NO3/c1-7-18-10-8-16-14-17(9-12-21(16)27(18)4)23-24(26(23,2)3)25(28)20-15-19(29-5)11-13-22(20)30-6/h9,11-15,18,23-24H,7-8,10H2,1-6H3. The summed E-state index contributed by atoms with van der Waals surface area (Å²) in [5.41, 5.74) is 4.56. The molecule has 0 spiro atoms. The summed E-state index contributed by atoms with van der Waals surface area (Å²) in [5.74, 6) is 1.60. The molecule has 4 heteroatoms. The van der Waals surface area contributed by atoms with Crippen molar-refractivity contribution in [2.24, 2.45) is 11.3 Å². The molecule has 2 aromatic carbocycles. The number of anilines is 1. The summed E-state index contributed by atoms with van der Waals surface area (Å²) < 4.78 is 10.8. The normalized spacial score (nSPS) is 24.2. The number of Topliss-reactive ketones (excluding diaryl/α,β-unsaturated/α-hetero) is 1. The van der Waals surface area contributed by atoms with E-state index >= 15 is 0 Å². The molecule has 4 rings (SSSR count). The second-order valence-electron chi connectivity index (χ2n) is 9.31. The van der Waals surface area contributed by atoms with Crippen LogP contribution >= 0.6 is 0 Å². The monoisotopic (exact) mass is 407 g/mol. The van der Waals surface area contributed by atoms with Crippen LogP contribution in [0.15, 0.2) is 36.4 Å². The molecular weight excluding hydrogens is 374 g/mol. The Morgan fingerprint density at radius 3 is 2.57 bits per heavy atom. The van der Waals surface area contributed by atoms with Gasteiger partial charge in [-0.25, -0.2) is 0 Å². The van der Waals surface area contributed by atoms with Gasteiger partial charge >= 0.3 is 0 Å². The van der Waals surface area contributed by atoms with E-state index in [0.29, 0.717) is 23.1 Å². The van der Waals surface area contributed by atoms with Crippen molar-refractivity contribution in [2.45, 2.75) is 52.0 Å². The highest BCUT2D eigenvalue weighted by Gasteiger charge is 2.62. The predicted molar refractivity (Wildman–Crippen MR) is 121 cm³/mol. The zero-order valence-corrected chi connectivity index (χ0v) is 19.0. The molecule has 0 amide bonds. The first-order valence-electron chi connectivity index (χ1n) is 10.9. The Balaban J connectivity index is 1.64. The number of rotatable bonds is 6. The Bertz CT molecular complexity index is 965. The predicted octanol–water partition coefficient (Wildman–Crippen LogP) is 5.49. The number of hydrogen-bond donors (Lipinski definition) is 0. The minimum Gasteiger partial charge on any atom is -0.497 e. The maximum Gasteiger partial charge on any atom is 0.170 e. The molecule has 0 N–H and O–H groups in total. The van der Waals surface area contributed by atoms with Crippen LogP contribution < -0.4 is 14.4 Å². The number of fused-ring (bicyclic) bond motifs is 1. The van der Waals surface area contributed by atoms with Gasteiger partial charge in [0.2, 0.25) is 0 Å². The molecule has 0 saturated heterocycles. The van der Waals surface area contributed by atoms with E-state index in [1.54, 1.807) is 20.3 Å². The molecule has 3 atom stereocenters. The van der Waals surface area contributed by atoms with Crippen LogP contribution in [0.2, 0.25) is 0 Å². The van der Waals surface area contributed by atoms with Crippen LogP contribution in [-0.2, 0) is 6.42 Å². The van der Waals surface area contributed by atoms with Crippen molar-refractivity contribution in [3.8, 4) is 11.5 Å². The molecule has 3 unspecified atom stereocenters. The Morgan fingerprint density at radius 2 is 1.90 bits per heavy atom. The van der Waals surface area contributed by atoms with Crippen LogP contribution in [-0.4, -0.2) is 33.1 Å². The van der Waals surface area contributed by atoms with Gasteiger partial charge in [0.05, 0.1) is 19.8 Å². The Labute approximate surface area is 180 Å². The number of nitrogens with zero attached hydrogens (tertiary/aromatic N) is 1. The van der Waals surface area contributed by atoms with Crippen LogP contribution in [0, 0.1) is 11.3 Å². The Kier molecular flexibility index (Phi) is 5.29. The molecule has 1 aliphatic heterocycles. The summed E-state index contributed by atoms with van der Waals surface area (Å²) in [6.07, 6.45) is 3.48. The summed E-state index contributed by atoms with van der Waals surface area (Å²) in [6, 6.07) is 12.9. The number of benzene rings is 2. The third kappa shape index (κ3) is 3.27. The topological polar surface area (TPSA) is 38.8 Å². The van der Waals surface area contributed by atoms with Gasteiger partial charge in [0.15, 0.2) is 5.78 Å². The second-order valence-corrected chi connectivity index (χ2v) is 9.31. The summed E-state index contributed by atoms with van der Waals surface area (Å²) in [6.45, 7) is 6.66. The van der Waals surface area contributed by atoms with Crippen molar-refractivity contribution in [3.05, 3.63) is 53.1 Å². The first-order chi connectivity index (χ1) is 14.3. The van der Waals surface area contributed by atoms with Crippen molar-refractivity contribution in [1.29, 1.82) is 0 Å². The molecule has 4 nitrogen and oxygen atoms in total. The smallest absolute Gasteiger partial charge is 0.170 e. The third-order valence-electron chi connectivity index (χ3n) is 7.39. The number of methoxy groups -OCH3 is 2. The van der Waals surface area contributed by atoms with Gasteiger partial charge in [-0.15, -0.1) is 0 Å². The molecular formula is C26H33NO3. The zero-order chi connectivity index (χ0) is 21.6. The van der Waals surface area contributed by atoms with Crippen LogP contribution in [0.1, 0.15) is 61.0 Å². The first-order valence-corrected chi connectivity index (χ1v) is 10.9. The minimum atomic E-state index is -0.0774. The largest absolute Gasteiger partial charge is 0.497 e. The highest BCUT2D eigenvalue weighted by atomic mass is 16.5. The lowest BCUT2D eigenvalue weighted by atomic mass is 9.91. The van der Waals surface area contributed by atoms with Crippen molar-refractivity contribution < 1.29 is 14.3 Å². The summed E-state index contributed by atoms with van der Waals surface area (Å²) in [7, 11) is 5.43. The molecule has 2 aliphatic rings. The number of ether oxygens (including phenoxy) is 2. The van der Waals surface area contributed by atoms with Gasteiger partial charge < -0.3 is 14.4 Å². The van der Waals surface area contributed by atoms with E-state index in [9.17, 15) is 4.79 Å². The van der Waals surface area contributed by atoms with E-state index in [-0.39, 0.29) is 23.0 Å². The molecule has 1 fully saturated rings. The summed E-state index contributed by atoms with van der Waals surface area (Å²) >= 11 is 0. The van der Waals surface area contributed by atoms with E-state index in [4.69, 9.17) is 9.47 Å². The van der Waals surface area contributed by atoms with Crippen molar-refractivity contribution >= 4 is 11.5 Å². The maximum absolute atomic E-state index is 13.5. The molecule has 0 aromatic heterocycles. The summed E-state index contributed by atoms with van der Waals surface area (Å²) in [5, 5.41) is 0. The van der Waals surface area contributed by atoms with E-state index in [1.165, 1.54) is 29.7 Å². The number of aryl methyl sites for hydroxylation is 1.